The van der Waals surface area contributed by atoms with E-state index >= 15 is 0 Å². The second kappa shape index (κ2) is 7.64. The average Bonchev–Trinajstić information content (AvgIpc) is 2.61. The van der Waals surface area contributed by atoms with E-state index < -0.39 is 0 Å². The first-order valence-corrected chi connectivity index (χ1v) is 8.27. The predicted octanol–water partition coefficient (Wildman–Crippen LogP) is 3.05. The predicted molar refractivity (Wildman–Crippen MR) is 91.8 cm³/mol. The lowest BCUT2D eigenvalue weighted by atomic mass is 9.78. The van der Waals surface area contributed by atoms with Crippen molar-refractivity contribution in [2.75, 3.05) is 26.8 Å². The molecule has 4 heteroatoms. The van der Waals surface area contributed by atoms with Crippen LogP contribution in [0.3, 0.4) is 0 Å². The van der Waals surface area contributed by atoms with Crippen LogP contribution in [-0.4, -0.2) is 42.7 Å². The zero-order valence-corrected chi connectivity index (χ0v) is 14.2. The van der Waals surface area contributed by atoms with Gasteiger partial charge < -0.3 is 14.7 Å². The first kappa shape index (κ1) is 17.5. The van der Waals surface area contributed by atoms with Crippen LogP contribution in [0.15, 0.2) is 30.9 Å². The lowest BCUT2D eigenvalue weighted by Crippen LogP contribution is -2.47. The highest BCUT2D eigenvalue weighted by Crippen LogP contribution is 2.33. The smallest absolute Gasteiger partial charge is 0.253 e. The number of carbonyl (C=O) groups excluding carboxylic acids is 1. The number of amides is 1. The summed E-state index contributed by atoms with van der Waals surface area (Å²) in [6.45, 7) is 7.36. The molecule has 1 aromatic carbocycles. The van der Waals surface area contributed by atoms with Crippen molar-refractivity contribution in [2.45, 2.75) is 32.6 Å². The van der Waals surface area contributed by atoms with Crippen LogP contribution in [-0.2, 0) is 6.42 Å². The molecule has 1 aliphatic rings. The lowest BCUT2D eigenvalue weighted by Gasteiger charge is -2.41. The highest BCUT2D eigenvalue weighted by molar-refractivity contribution is 5.94. The van der Waals surface area contributed by atoms with Crippen LogP contribution in [0, 0.1) is 5.41 Å². The van der Waals surface area contributed by atoms with Gasteiger partial charge in [-0.15, -0.1) is 6.58 Å². The molecule has 1 N–H and O–H groups in total. The van der Waals surface area contributed by atoms with Crippen molar-refractivity contribution < 1.29 is 14.6 Å². The Hall–Kier alpha value is -1.81. The van der Waals surface area contributed by atoms with Crippen molar-refractivity contribution >= 4 is 5.91 Å². The Balaban J connectivity index is 2.22. The van der Waals surface area contributed by atoms with E-state index in [0.29, 0.717) is 18.5 Å². The van der Waals surface area contributed by atoms with Crippen LogP contribution >= 0.6 is 0 Å². The van der Waals surface area contributed by atoms with Gasteiger partial charge in [-0.25, -0.2) is 0 Å². The fourth-order valence-electron chi connectivity index (χ4n) is 3.32. The highest BCUT2D eigenvalue weighted by atomic mass is 16.5. The van der Waals surface area contributed by atoms with Gasteiger partial charge in [0.1, 0.15) is 5.75 Å². The second-order valence-corrected chi connectivity index (χ2v) is 6.36. The molecule has 0 spiro atoms. The first-order chi connectivity index (χ1) is 11.1. The van der Waals surface area contributed by atoms with Crippen molar-refractivity contribution in [1.82, 2.24) is 4.90 Å². The maximum absolute atomic E-state index is 12.9. The molecule has 1 aromatic rings. The number of piperidine rings is 1. The minimum Gasteiger partial charge on any atom is -0.496 e. The molecule has 1 fully saturated rings. The van der Waals surface area contributed by atoms with E-state index in [1.54, 1.807) is 13.2 Å². The third kappa shape index (κ3) is 3.75. The molecule has 1 amide bonds. The van der Waals surface area contributed by atoms with Crippen molar-refractivity contribution in [3.05, 3.63) is 42.0 Å². The minimum absolute atomic E-state index is 0.0314. The summed E-state index contributed by atoms with van der Waals surface area (Å²) in [5.74, 6) is 0.808. The number of rotatable bonds is 6. The van der Waals surface area contributed by atoms with E-state index in [9.17, 15) is 9.90 Å². The van der Waals surface area contributed by atoms with Crippen molar-refractivity contribution in [2.24, 2.45) is 5.41 Å². The standard InChI is InChI=1S/C19H27NO3/c1-4-7-15-12-16(8-9-17(15)23-3)18(22)20-11-6-10-19(5-2,13-20)14-21/h4,8-9,12,21H,1,5-7,10-11,13-14H2,2-3H3. The SMILES string of the molecule is C=CCc1cc(C(=O)N2CCCC(CC)(CO)C2)ccc1OC. The van der Waals surface area contributed by atoms with E-state index in [4.69, 9.17) is 4.74 Å². The van der Waals surface area contributed by atoms with Gasteiger partial charge in [0.2, 0.25) is 0 Å². The van der Waals surface area contributed by atoms with Crippen molar-refractivity contribution in [1.29, 1.82) is 0 Å². The molecule has 1 heterocycles. The maximum Gasteiger partial charge on any atom is 0.253 e. The van der Waals surface area contributed by atoms with Gasteiger partial charge in [-0.05, 0) is 49.4 Å². The van der Waals surface area contributed by atoms with E-state index in [0.717, 1.165) is 37.1 Å². The van der Waals surface area contributed by atoms with Crippen LogP contribution in [0.25, 0.3) is 0 Å². The third-order valence-electron chi connectivity index (χ3n) is 4.93. The molecule has 4 nitrogen and oxygen atoms in total. The van der Waals surface area contributed by atoms with E-state index in [-0.39, 0.29) is 17.9 Å². The quantitative estimate of drug-likeness (QED) is 0.821. The van der Waals surface area contributed by atoms with Crippen LogP contribution < -0.4 is 4.74 Å². The van der Waals surface area contributed by atoms with Gasteiger partial charge in [0.15, 0.2) is 0 Å². The number of carbonyl (C=O) groups is 1. The molecule has 126 valence electrons. The fraction of sp³-hybridized carbons (Fsp3) is 0.526. The van der Waals surface area contributed by atoms with Gasteiger partial charge in [-0.2, -0.15) is 0 Å². The lowest BCUT2D eigenvalue weighted by molar-refractivity contribution is 0.0251. The largest absolute Gasteiger partial charge is 0.496 e. The van der Waals surface area contributed by atoms with E-state index in [1.165, 1.54) is 0 Å². The zero-order valence-electron chi connectivity index (χ0n) is 14.2. The summed E-state index contributed by atoms with van der Waals surface area (Å²) in [6, 6.07) is 5.55. The summed E-state index contributed by atoms with van der Waals surface area (Å²) in [7, 11) is 1.63. The number of aliphatic hydroxyl groups excluding tert-OH is 1. The Kier molecular flexibility index (Phi) is 5.83. The number of aliphatic hydroxyl groups is 1. The number of benzene rings is 1. The normalized spacial score (nSPS) is 21.1. The number of methoxy groups -OCH3 is 1. The van der Waals surface area contributed by atoms with Crippen molar-refractivity contribution in [3.8, 4) is 5.75 Å². The molecule has 0 radical (unpaired) electrons. The summed E-state index contributed by atoms with van der Waals surface area (Å²) in [4.78, 5) is 14.7. The minimum atomic E-state index is -0.148. The second-order valence-electron chi connectivity index (χ2n) is 6.36. The van der Waals surface area contributed by atoms with Gasteiger partial charge in [0.05, 0.1) is 13.7 Å². The monoisotopic (exact) mass is 317 g/mol. The average molecular weight is 317 g/mol. The topological polar surface area (TPSA) is 49.8 Å². The van der Waals surface area contributed by atoms with E-state index in [2.05, 4.69) is 13.5 Å². The Morgan fingerprint density at radius 2 is 2.30 bits per heavy atom. The molecule has 0 bridgehead atoms. The van der Waals surface area contributed by atoms with Crippen LogP contribution in [0.2, 0.25) is 0 Å². The fourth-order valence-corrected chi connectivity index (χ4v) is 3.32. The number of allylic oxidation sites excluding steroid dienone is 1. The van der Waals surface area contributed by atoms with Gasteiger partial charge in [0.25, 0.3) is 5.91 Å². The van der Waals surface area contributed by atoms with Crippen LogP contribution in [0.5, 0.6) is 5.75 Å². The molecule has 1 unspecified atom stereocenters. The van der Waals surface area contributed by atoms with Gasteiger partial charge >= 0.3 is 0 Å². The molecule has 1 aliphatic heterocycles. The summed E-state index contributed by atoms with van der Waals surface area (Å²) in [6.07, 6.45) is 5.28. The van der Waals surface area contributed by atoms with Crippen LogP contribution in [0.4, 0.5) is 0 Å². The summed E-state index contributed by atoms with van der Waals surface area (Å²) in [5, 5.41) is 9.73. The molecule has 0 aliphatic carbocycles. The number of likely N-dealkylation sites (tertiary alicyclic amines) is 1. The summed E-state index contributed by atoms with van der Waals surface area (Å²) < 4.78 is 5.34. The molecule has 23 heavy (non-hydrogen) atoms. The molecule has 0 aromatic heterocycles. The Labute approximate surface area is 138 Å². The first-order valence-electron chi connectivity index (χ1n) is 8.27. The molecule has 1 atom stereocenters. The third-order valence-corrected chi connectivity index (χ3v) is 4.93. The Morgan fingerprint density at radius 3 is 2.91 bits per heavy atom. The molecule has 1 saturated heterocycles. The number of ether oxygens (including phenoxy) is 1. The maximum atomic E-state index is 12.9. The number of nitrogens with zero attached hydrogens (tertiary/aromatic N) is 1. The summed E-state index contributed by atoms with van der Waals surface area (Å²) >= 11 is 0. The zero-order chi connectivity index (χ0) is 16.9. The number of hydrogen-bond acceptors (Lipinski definition) is 3. The summed E-state index contributed by atoms with van der Waals surface area (Å²) in [5.41, 5.74) is 1.49. The van der Waals surface area contributed by atoms with Gasteiger partial charge in [0, 0.05) is 24.1 Å². The van der Waals surface area contributed by atoms with Gasteiger partial charge in [-0.3, -0.25) is 4.79 Å². The van der Waals surface area contributed by atoms with Crippen LogP contribution in [0.1, 0.15) is 42.1 Å². The number of hydrogen-bond donors (Lipinski definition) is 1. The Morgan fingerprint density at radius 1 is 1.52 bits per heavy atom. The molecule has 2 rings (SSSR count). The molecule has 0 saturated carbocycles. The molecular weight excluding hydrogens is 290 g/mol. The van der Waals surface area contributed by atoms with Gasteiger partial charge in [-0.1, -0.05) is 13.0 Å². The van der Waals surface area contributed by atoms with Crippen molar-refractivity contribution in [3.63, 3.8) is 0 Å². The van der Waals surface area contributed by atoms with E-state index in [1.807, 2.05) is 23.1 Å². The highest BCUT2D eigenvalue weighted by Gasteiger charge is 2.35. The Bertz CT molecular complexity index is 564. The molecular formula is C19H27NO3.